The molecule has 0 aliphatic carbocycles. The Morgan fingerprint density at radius 1 is 1.22 bits per heavy atom. The van der Waals surface area contributed by atoms with Gasteiger partial charge in [-0.25, -0.2) is 4.39 Å². The summed E-state index contributed by atoms with van der Waals surface area (Å²) in [6, 6.07) is 13.4. The average molecular weight is 420 g/mol. The summed E-state index contributed by atoms with van der Waals surface area (Å²) in [4.78, 5) is 12.7. The van der Waals surface area contributed by atoms with Crippen LogP contribution in [0.15, 0.2) is 58.2 Å². The van der Waals surface area contributed by atoms with Gasteiger partial charge < -0.3 is 9.73 Å². The van der Waals surface area contributed by atoms with Crippen molar-refractivity contribution in [3.05, 3.63) is 59.4 Å². The summed E-state index contributed by atoms with van der Waals surface area (Å²) in [7, 11) is 0. The number of benzene rings is 2. The second-order valence-electron chi connectivity index (χ2n) is 5.46. The molecule has 0 fully saturated rings. The lowest BCUT2D eigenvalue weighted by Crippen LogP contribution is -2.14. The third kappa shape index (κ3) is 3.97. The molecule has 0 atom stereocenters. The molecule has 0 bridgehead atoms. The lowest BCUT2D eigenvalue weighted by atomic mass is 10.2. The van der Waals surface area contributed by atoms with Crippen molar-refractivity contribution in [3.63, 3.8) is 0 Å². The number of halogens is 2. The molecule has 4 aromatic rings. The van der Waals surface area contributed by atoms with Crippen molar-refractivity contribution in [2.75, 3.05) is 11.1 Å². The van der Waals surface area contributed by atoms with E-state index in [0.717, 1.165) is 21.8 Å². The lowest BCUT2D eigenvalue weighted by Gasteiger charge is -2.03. The molecular weight excluding hydrogens is 409 g/mol. The largest absolute Gasteiger partial charge is 0.410 e. The third-order valence-corrected chi connectivity index (χ3v) is 6.05. The Kier molecular flexibility index (Phi) is 5.11. The summed E-state index contributed by atoms with van der Waals surface area (Å²) < 4.78 is 19.8. The molecule has 0 saturated carbocycles. The molecule has 4 rings (SSSR count). The van der Waals surface area contributed by atoms with Gasteiger partial charge in [0.15, 0.2) is 0 Å². The van der Waals surface area contributed by atoms with Gasteiger partial charge in [0.25, 0.3) is 11.1 Å². The number of carbonyl (C=O) groups excluding carboxylic acids is 1. The van der Waals surface area contributed by atoms with Crippen molar-refractivity contribution in [3.8, 4) is 10.8 Å². The van der Waals surface area contributed by atoms with Gasteiger partial charge in [0.05, 0.1) is 10.8 Å². The second-order valence-corrected chi connectivity index (χ2v) is 7.82. The van der Waals surface area contributed by atoms with Crippen molar-refractivity contribution >= 4 is 56.4 Å². The van der Waals surface area contributed by atoms with Crippen LogP contribution in [0, 0.1) is 5.82 Å². The highest BCUT2D eigenvalue weighted by atomic mass is 35.5. The number of nitrogens with one attached hydrogen (secondary N) is 1. The van der Waals surface area contributed by atoms with E-state index in [2.05, 4.69) is 15.5 Å². The van der Waals surface area contributed by atoms with Gasteiger partial charge in [0.2, 0.25) is 5.91 Å². The number of aromatic nitrogens is 2. The van der Waals surface area contributed by atoms with Gasteiger partial charge in [0, 0.05) is 15.8 Å². The second kappa shape index (κ2) is 7.67. The Bertz CT molecular complexity index is 1130. The SMILES string of the molecule is O=C(CSc1nnc(-c2sc3ccccc3c2Cl)o1)Nc1cccc(F)c1. The molecule has 0 aliphatic rings. The number of fused-ring (bicyclic) bond motifs is 1. The van der Waals surface area contributed by atoms with E-state index in [9.17, 15) is 9.18 Å². The van der Waals surface area contributed by atoms with Crippen LogP contribution in [0.2, 0.25) is 5.02 Å². The fourth-order valence-electron chi connectivity index (χ4n) is 2.40. The smallest absolute Gasteiger partial charge is 0.277 e. The molecule has 2 heterocycles. The summed E-state index contributed by atoms with van der Waals surface area (Å²) in [5.74, 6) is -0.347. The molecule has 0 spiro atoms. The monoisotopic (exact) mass is 419 g/mol. The van der Waals surface area contributed by atoms with Crippen molar-refractivity contribution in [2.24, 2.45) is 0 Å². The molecule has 27 heavy (non-hydrogen) atoms. The first kappa shape index (κ1) is 18.0. The number of hydrogen-bond acceptors (Lipinski definition) is 6. The van der Waals surface area contributed by atoms with Crippen molar-refractivity contribution < 1.29 is 13.6 Å². The van der Waals surface area contributed by atoms with Gasteiger partial charge in [0.1, 0.15) is 10.7 Å². The average Bonchev–Trinajstić information content (AvgIpc) is 3.25. The van der Waals surface area contributed by atoms with Crippen LogP contribution >= 0.6 is 34.7 Å². The first-order valence-corrected chi connectivity index (χ1v) is 9.97. The number of anilines is 1. The lowest BCUT2D eigenvalue weighted by molar-refractivity contribution is -0.113. The zero-order valence-corrected chi connectivity index (χ0v) is 16.0. The molecule has 0 unspecified atom stereocenters. The fraction of sp³-hybridized carbons (Fsp3) is 0.0556. The zero-order valence-electron chi connectivity index (χ0n) is 13.6. The van der Waals surface area contributed by atoms with Crippen molar-refractivity contribution in [2.45, 2.75) is 5.22 Å². The number of carbonyl (C=O) groups is 1. The maximum atomic E-state index is 13.1. The minimum Gasteiger partial charge on any atom is -0.410 e. The normalized spacial score (nSPS) is 11.0. The Balaban J connectivity index is 1.43. The van der Waals surface area contributed by atoms with Crippen LogP contribution < -0.4 is 5.32 Å². The van der Waals surface area contributed by atoms with Crippen LogP contribution in [0.25, 0.3) is 20.9 Å². The zero-order chi connectivity index (χ0) is 18.8. The molecule has 2 aromatic heterocycles. The number of nitrogens with zero attached hydrogens (tertiary/aromatic N) is 2. The molecule has 136 valence electrons. The van der Waals surface area contributed by atoms with Crippen molar-refractivity contribution in [1.29, 1.82) is 0 Å². The van der Waals surface area contributed by atoms with E-state index in [4.69, 9.17) is 16.0 Å². The highest BCUT2D eigenvalue weighted by Gasteiger charge is 2.18. The van der Waals surface area contributed by atoms with Gasteiger partial charge >= 0.3 is 0 Å². The van der Waals surface area contributed by atoms with Gasteiger partial charge in [-0.05, 0) is 24.3 Å². The summed E-state index contributed by atoms with van der Waals surface area (Å²) >= 11 is 8.97. The van der Waals surface area contributed by atoms with Crippen LogP contribution in [0.5, 0.6) is 0 Å². The van der Waals surface area contributed by atoms with Crippen LogP contribution in [0.1, 0.15) is 0 Å². The number of amides is 1. The standard InChI is InChI=1S/C18H11ClFN3O2S2/c19-15-12-6-1-2-7-13(12)27-16(15)17-22-23-18(25-17)26-9-14(24)21-11-5-3-4-10(20)8-11/h1-8H,9H2,(H,21,24). The Morgan fingerprint density at radius 2 is 2.07 bits per heavy atom. The molecule has 2 aromatic carbocycles. The first-order chi connectivity index (χ1) is 13.1. The van der Waals surface area contributed by atoms with E-state index in [0.29, 0.717) is 21.5 Å². The summed E-state index contributed by atoms with van der Waals surface area (Å²) in [5, 5.41) is 12.3. The molecular formula is C18H11ClFN3O2S2. The first-order valence-electron chi connectivity index (χ1n) is 7.79. The maximum Gasteiger partial charge on any atom is 0.277 e. The van der Waals surface area contributed by atoms with Gasteiger partial charge in [-0.2, -0.15) is 0 Å². The highest BCUT2D eigenvalue weighted by molar-refractivity contribution is 7.99. The Labute approximate surface area is 166 Å². The van der Waals surface area contributed by atoms with Crippen LogP contribution in [0.4, 0.5) is 10.1 Å². The molecule has 0 aliphatic heterocycles. The number of hydrogen-bond donors (Lipinski definition) is 1. The van der Waals surface area contributed by atoms with Gasteiger partial charge in [-0.15, -0.1) is 21.5 Å². The van der Waals surface area contributed by atoms with Crippen LogP contribution in [-0.2, 0) is 4.79 Å². The maximum absolute atomic E-state index is 13.1. The summed E-state index contributed by atoms with van der Waals surface area (Å²) in [6.07, 6.45) is 0. The van der Waals surface area contributed by atoms with E-state index >= 15 is 0 Å². The number of rotatable bonds is 5. The van der Waals surface area contributed by atoms with Gasteiger partial charge in [-0.3, -0.25) is 4.79 Å². The predicted molar refractivity (Wildman–Crippen MR) is 106 cm³/mol. The molecule has 0 saturated heterocycles. The number of thiophene rings is 1. The quantitative estimate of drug-likeness (QED) is 0.434. The van der Waals surface area contributed by atoms with Crippen LogP contribution in [0.3, 0.4) is 0 Å². The number of thioether (sulfide) groups is 1. The minimum atomic E-state index is -0.415. The third-order valence-electron chi connectivity index (χ3n) is 3.57. The van der Waals surface area contributed by atoms with E-state index in [1.165, 1.54) is 29.5 Å². The van der Waals surface area contributed by atoms with Crippen LogP contribution in [-0.4, -0.2) is 21.9 Å². The molecule has 5 nitrogen and oxygen atoms in total. The molecule has 9 heteroatoms. The van der Waals surface area contributed by atoms with Crippen molar-refractivity contribution in [1.82, 2.24) is 10.2 Å². The minimum absolute atomic E-state index is 0.0539. The summed E-state index contributed by atoms with van der Waals surface area (Å²) in [6.45, 7) is 0. The molecule has 0 radical (unpaired) electrons. The highest BCUT2D eigenvalue weighted by Crippen LogP contribution is 2.41. The van der Waals surface area contributed by atoms with E-state index in [1.807, 2.05) is 24.3 Å². The Hall–Kier alpha value is -2.42. The van der Waals surface area contributed by atoms with E-state index in [1.54, 1.807) is 6.07 Å². The molecule has 1 N–H and O–H groups in total. The Morgan fingerprint density at radius 3 is 2.89 bits per heavy atom. The van der Waals surface area contributed by atoms with Gasteiger partial charge in [-0.1, -0.05) is 47.6 Å². The topological polar surface area (TPSA) is 68.0 Å². The van der Waals surface area contributed by atoms with E-state index < -0.39 is 5.82 Å². The fourth-order valence-corrected chi connectivity index (χ4v) is 4.40. The predicted octanol–water partition coefficient (Wildman–Crippen LogP) is 5.47. The summed E-state index contributed by atoms with van der Waals surface area (Å²) in [5.41, 5.74) is 0.392. The molecule has 1 amide bonds. The van der Waals surface area contributed by atoms with E-state index in [-0.39, 0.29) is 16.9 Å².